The first kappa shape index (κ1) is 13.2. The molecule has 2 N–H and O–H groups in total. The third kappa shape index (κ3) is 2.47. The largest absolute Gasteiger partial charge is 0.481 e. The van der Waals surface area contributed by atoms with Crippen LogP contribution >= 0.6 is 0 Å². The van der Waals surface area contributed by atoms with Crippen molar-refractivity contribution in [3.8, 4) is 11.5 Å². The fourth-order valence-electron chi connectivity index (χ4n) is 2.26. The van der Waals surface area contributed by atoms with Crippen LogP contribution in [0.2, 0.25) is 0 Å². The van der Waals surface area contributed by atoms with E-state index in [1.165, 1.54) is 0 Å². The molecule has 0 bridgehead atoms. The maximum absolute atomic E-state index is 12.0. The molecule has 110 valence electrons. The Morgan fingerprint density at radius 1 is 1.33 bits per heavy atom. The Kier molecular flexibility index (Phi) is 3.13. The van der Waals surface area contributed by atoms with E-state index in [2.05, 4.69) is 5.32 Å². The number of aliphatic carboxylic acids is 1. The molecule has 8 heteroatoms. The zero-order valence-electron chi connectivity index (χ0n) is 10.9. The van der Waals surface area contributed by atoms with Crippen LogP contribution in [0.5, 0.6) is 11.5 Å². The number of carbonyl (C=O) groups is 3. The second-order valence-electron chi connectivity index (χ2n) is 4.71. The number of urea groups is 1. The van der Waals surface area contributed by atoms with Crippen LogP contribution in [0.4, 0.5) is 4.79 Å². The number of carboxylic acid groups (broad SMARTS) is 1. The van der Waals surface area contributed by atoms with Crippen LogP contribution in [-0.2, 0) is 16.1 Å². The van der Waals surface area contributed by atoms with E-state index in [-0.39, 0.29) is 13.3 Å². The summed E-state index contributed by atoms with van der Waals surface area (Å²) in [6.07, 6.45) is -0.428. The molecule has 1 atom stereocenters. The van der Waals surface area contributed by atoms with Gasteiger partial charge in [-0.25, -0.2) is 4.79 Å². The Morgan fingerprint density at radius 2 is 2.10 bits per heavy atom. The van der Waals surface area contributed by atoms with Crippen LogP contribution in [0, 0.1) is 0 Å². The average Bonchev–Trinajstić information content (AvgIpc) is 2.98. The lowest BCUT2D eigenvalue weighted by atomic mass is 10.1. The second-order valence-corrected chi connectivity index (χ2v) is 4.71. The number of nitrogens with one attached hydrogen (secondary N) is 1. The molecule has 0 aliphatic carbocycles. The van der Waals surface area contributed by atoms with E-state index in [1.807, 2.05) is 0 Å². The highest BCUT2D eigenvalue weighted by molar-refractivity contribution is 6.05. The standard InChI is InChI=1S/C13H12N2O6/c16-11(17)4-8-12(18)15(13(19)14-8)5-7-1-2-9-10(3-7)21-6-20-9/h1-3,8H,4-6H2,(H,14,19)(H,16,17)/t8-/m1/s1. The number of benzene rings is 1. The zero-order chi connectivity index (χ0) is 15.0. The van der Waals surface area contributed by atoms with Gasteiger partial charge in [-0.1, -0.05) is 6.07 Å². The Bertz CT molecular complexity index is 629. The predicted octanol–water partition coefficient (Wildman–Crippen LogP) is 0.310. The fraction of sp³-hybridized carbons (Fsp3) is 0.308. The van der Waals surface area contributed by atoms with E-state index in [0.29, 0.717) is 17.1 Å². The number of fused-ring (bicyclic) bond motifs is 1. The summed E-state index contributed by atoms with van der Waals surface area (Å²) in [5.74, 6) is -0.514. The lowest BCUT2D eigenvalue weighted by Gasteiger charge is -2.13. The van der Waals surface area contributed by atoms with Crippen molar-refractivity contribution in [2.45, 2.75) is 19.0 Å². The number of carbonyl (C=O) groups excluding carboxylic acids is 2. The number of hydrogen-bond acceptors (Lipinski definition) is 5. The second kappa shape index (κ2) is 4.97. The molecule has 0 aromatic heterocycles. The van der Waals surface area contributed by atoms with E-state index in [4.69, 9.17) is 14.6 Å². The predicted molar refractivity (Wildman–Crippen MR) is 67.7 cm³/mol. The van der Waals surface area contributed by atoms with Gasteiger partial charge < -0.3 is 19.9 Å². The fourth-order valence-corrected chi connectivity index (χ4v) is 2.26. The monoisotopic (exact) mass is 292 g/mol. The molecule has 2 heterocycles. The first-order chi connectivity index (χ1) is 10.0. The molecule has 0 radical (unpaired) electrons. The van der Waals surface area contributed by atoms with Gasteiger partial charge in [0.05, 0.1) is 13.0 Å². The van der Waals surface area contributed by atoms with Crippen molar-refractivity contribution in [3.63, 3.8) is 0 Å². The summed E-state index contributed by atoms with van der Waals surface area (Å²) in [6, 6.07) is 3.50. The molecule has 1 saturated heterocycles. The number of hydrogen-bond donors (Lipinski definition) is 2. The molecule has 2 aliphatic heterocycles. The SMILES string of the molecule is O=C(O)C[C@H]1NC(=O)N(Cc2ccc3c(c2)OCO3)C1=O. The number of amides is 3. The van der Waals surface area contributed by atoms with Gasteiger partial charge in [-0.05, 0) is 17.7 Å². The summed E-state index contributed by atoms with van der Waals surface area (Å²) in [7, 11) is 0. The summed E-state index contributed by atoms with van der Waals surface area (Å²) in [6.45, 7) is 0.194. The normalized spacial score (nSPS) is 19.8. The van der Waals surface area contributed by atoms with Crippen molar-refractivity contribution in [3.05, 3.63) is 23.8 Å². The number of carboxylic acids is 1. The highest BCUT2D eigenvalue weighted by Crippen LogP contribution is 2.33. The van der Waals surface area contributed by atoms with E-state index in [0.717, 1.165) is 4.90 Å². The molecule has 0 spiro atoms. The number of nitrogens with zero attached hydrogens (tertiary/aromatic N) is 1. The third-order valence-corrected chi connectivity index (χ3v) is 3.26. The van der Waals surface area contributed by atoms with Gasteiger partial charge in [-0.2, -0.15) is 0 Å². The summed E-state index contributed by atoms with van der Waals surface area (Å²) < 4.78 is 10.4. The zero-order valence-corrected chi connectivity index (χ0v) is 10.9. The molecule has 3 amide bonds. The summed E-state index contributed by atoms with van der Waals surface area (Å²) >= 11 is 0. The van der Waals surface area contributed by atoms with Crippen LogP contribution in [0.15, 0.2) is 18.2 Å². The van der Waals surface area contributed by atoms with Crippen LogP contribution in [-0.4, -0.2) is 40.7 Å². The van der Waals surface area contributed by atoms with Crippen LogP contribution in [0.1, 0.15) is 12.0 Å². The highest BCUT2D eigenvalue weighted by atomic mass is 16.7. The van der Waals surface area contributed by atoms with Gasteiger partial charge in [0.2, 0.25) is 6.79 Å². The highest BCUT2D eigenvalue weighted by Gasteiger charge is 2.39. The van der Waals surface area contributed by atoms with Crippen molar-refractivity contribution in [1.82, 2.24) is 10.2 Å². The molecule has 3 rings (SSSR count). The molecule has 0 saturated carbocycles. The molecule has 1 aromatic rings. The Labute approximate surface area is 119 Å². The minimum Gasteiger partial charge on any atom is -0.481 e. The topological polar surface area (TPSA) is 105 Å². The first-order valence-electron chi connectivity index (χ1n) is 6.27. The lowest BCUT2D eigenvalue weighted by molar-refractivity contribution is -0.140. The molecular weight excluding hydrogens is 280 g/mol. The molecule has 0 unspecified atom stereocenters. The van der Waals surface area contributed by atoms with Crippen molar-refractivity contribution in [2.24, 2.45) is 0 Å². The van der Waals surface area contributed by atoms with Gasteiger partial charge in [-0.15, -0.1) is 0 Å². The summed E-state index contributed by atoms with van der Waals surface area (Å²) in [5, 5.41) is 11.1. The van der Waals surface area contributed by atoms with Gasteiger partial charge in [0.25, 0.3) is 5.91 Å². The Balaban J connectivity index is 1.74. The molecule has 2 aliphatic rings. The van der Waals surface area contributed by atoms with Gasteiger partial charge in [-0.3, -0.25) is 14.5 Å². The Morgan fingerprint density at radius 3 is 2.86 bits per heavy atom. The van der Waals surface area contributed by atoms with Crippen molar-refractivity contribution in [1.29, 1.82) is 0 Å². The first-order valence-corrected chi connectivity index (χ1v) is 6.27. The Hall–Kier alpha value is -2.77. The molecule has 21 heavy (non-hydrogen) atoms. The van der Waals surface area contributed by atoms with E-state index >= 15 is 0 Å². The molecular formula is C13H12N2O6. The minimum absolute atomic E-state index is 0.0530. The lowest BCUT2D eigenvalue weighted by Crippen LogP contribution is -2.32. The third-order valence-electron chi connectivity index (χ3n) is 3.26. The molecule has 1 fully saturated rings. The number of imide groups is 1. The van der Waals surface area contributed by atoms with Crippen LogP contribution < -0.4 is 14.8 Å². The van der Waals surface area contributed by atoms with Crippen molar-refractivity contribution >= 4 is 17.9 Å². The van der Waals surface area contributed by atoms with Gasteiger partial charge in [0, 0.05) is 0 Å². The summed E-state index contributed by atoms with van der Waals surface area (Å²) in [5.41, 5.74) is 0.693. The van der Waals surface area contributed by atoms with Crippen LogP contribution in [0.25, 0.3) is 0 Å². The summed E-state index contributed by atoms with van der Waals surface area (Å²) in [4.78, 5) is 35.4. The molecule has 8 nitrogen and oxygen atoms in total. The van der Waals surface area contributed by atoms with E-state index < -0.39 is 30.4 Å². The van der Waals surface area contributed by atoms with Crippen molar-refractivity contribution in [2.75, 3.05) is 6.79 Å². The van der Waals surface area contributed by atoms with Crippen molar-refractivity contribution < 1.29 is 29.0 Å². The minimum atomic E-state index is -1.14. The van der Waals surface area contributed by atoms with Gasteiger partial charge >= 0.3 is 12.0 Å². The maximum Gasteiger partial charge on any atom is 0.325 e. The van der Waals surface area contributed by atoms with E-state index in [1.54, 1.807) is 18.2 Å². The van der Waals surface area contributed by atoms with Crippen LogP contribution in [0.3, 0.4) is 0 Å². The quantitative estimate of drug-likeness (QED) is 0.774. The van der Waals surface area contributed by atoms with E-state index in [9.17, 15) is 14.4 Å². The number of rotatable bonds is 4. The average molecular weight is 292 g/mol. The number of ether oxygens (including phenoxy) is 2. The van der Waals surface area contributed by atoms with Gasteiger partial charge in [0.1, 0.15) is 6.04 Å². The van der Waals surface area contributed by atoms with Gasteiger partial charge in [0.15, 0.2) is 11.5 Å². The smallest absolute Gasteiger partial charge is 0.325 e. The maximum atomic E-state index is 12.0. The molecule has 1 aromatic carbocycles.